The molecule has 1 fully saturated rings. The van der Waals surface area contributed by atoms with E-state index in [1.165, 1.54) is 30.7 Å². The minimum atomic E-state index is -0.431. The molecule has 2 aromatic rings. The monoisotopic (exact) mass is 496 g/mol. The van der Waals surface area contributed by atoms with Gasteiger partial charge in [-0.1, -0.05) is 37.0 Å². The van der Waals surface area contributed by atoms with Crippen molar-refractivity contribution in [3.8, 4) is 0 Å². The van der Waals surface area contributed by atoms with Crippen molar-refractivity contribution in [1.82, 2.24) is 0 Å². The highest BCUT2D eigenvalue weighted by molar-refractivity contribution is 6.33. The third-order valence-corrected chi connectivity index (χ3v) is 5.91. The lowest BCUT2D eigenvalue weighted by atomic mass is 10.1. The molecule has 3 rings (SSSR count). The largest absolute Gasteiger partial charge is 0.370 e. The van der Waals surface area contributed by atoms with E-state index in [4.69, 9.17) is 23.2 Å². The number of non-ortho nitro benzene ring substituents is 2. The fourth-order valence-corrected chi connectivity index (χ4v) is 4.35. The first-order valence-corrected chi connectivity index (χ1v) is 11.9. The molecule has 8 nitrogen and oxygen atoms in total. The first kappa shape index (κ1) is 26.7. The summed E-state index contributed by atoms with van der Waals surface area (Å²) in [7, 11) is 0. The van der Waals surface area contributed by atoms with Crippen LogP contribution in [0, 0.1) is 20.2 Å². The molecular formula is C23H30Cl2N4O4. The second kappa shape index (κ2) is 13.2. The van der Waals surface area contributed by atoms with Crippen LogP contribution in [0.5, 0.6) is 0 Å². The predicted molar refractivity (Wildman–Crippen MR) is 135 cm³/mol. The molecule has 0 aliphatic carbocycles. The summed E-state index contributed by atoms with van der Waals surface area (Å²) in [6, 6.07) is 9.31. The average Bonchev–Trinajstić information content (AvgIpc) is 2.80. The van der Waals surface area contributed by atoms with Gasteiger partial charge in [-0.25, -0.2) is 0 Å². The number of nitro groups is 2. The van der Waals surface area contributed by atoms with Crippen molar-refractivity contribution in [2.24, 2.45) is 0 Å². The second-order valence-electron chi connectivity index (χ2n) is 7.82. The van der Waals surface area contributed by atoms with Gasteiger partial charge in [0.05, 0.1) is 31.3 Å². The fraction of sp³-hybridized carbons (Fsp3) is 0.478. The molecule has 0 unspecified atom stereocenters. The average molecular weight is 497 g/mol. The van der Waals surface area contributed by atoms with E-state index in [9.17, 15) is 20.2 Å². The van der Waals surface area contributed by atoms with E-state index >= 15 is 0 Å². The third kappa shape index (κ3) is 7.75. The Kier molecular flexibility index (Phi) is 10.7. The lowest BCUT2D eigenvalue weighted by molar-refractivity contribution is -0.385. The van der Waals surface area contributed by atoms with Crippen LogP contribution < -0.4 is 9.80 Å². The van der Waals surface area contributed by atoms with E-state index in [1.54, 1.807) is 12.1 Å². The minimum absolute atomic E-state index is 0.0340. The molecular weight excluding hydrogens is 467 g/mol. The van der Waals surface area contributed by atoms with Crippen molar-refractivity contribution in [3.63, 3.8) is 0 Å². The smallest absolute Gasteiger partial charge is 0.271 e. The quantitative estimate of drug-likeness (QED) is 0.285. The Morgan fingerprint density at radius 1 is 0.848 bits per heavy atom. The van der Waals surface area contributed by atoms with Gasteiger partial charge in [-0.15, -0.1) is 0 Å². The summed E-state index contributed by atoms with van der Waals surface area (Å²) in [6.07, 6.45) is 5.61. The maximum atomic E-state index is 10.6. The molecule has 0 bridgehead atoms. The molecule has 1 aliphatic rings. The van der Waals surface area contributed by atoms with Crippen LogP contribution in [0.3, 0.4) is 0 Å². The van der Waals surface area contributed by atoms with Crippen molar-refractivity contribution in [2.75, 3.05) is 36.0 Å². The van der Waals surface area contributed by atoms with Crippen molar-refractivity contribution < 1.29 is 9.85 Å². The summed E-state index contributed by atoms with van der Waals surface area (Å²) in [5, 5.41) is 22.1. The van der Waals surface area contributed by atoms with Crippen LogP contribution in [0.15, 0.2) is 36.4 Å². The number of piperidine rings is 1. The molecule has 0 aromatic heterocycles. The normalized spacial score (nSPS) is 13.2. The zero-order chi connectivity index (χ0) is 24.4. The van der Waals surface area contributed by atoms with Crippen molar-refractivity contribution in [3.05, 3.63) is 66.7 Å². The Morgan fingerprint density at radius 2 is 1.36 bits per heavy atom. The lowest BCUT2D eigenvalue weighted by Gasteiger charge is -2.29. The SMILES string of the molecule is CCCN(CCC)c1ccc([N+](=O)[O-])cc1Cl.O=[N+]([O-])c1ccc(N2CCCCC2)c(Cl)c1. The van der Waals surface area contributed by atoms with Crippen molar-refractivity contribution in [1.29, 1.82) is 0 Å². The van der Waals surface area contributed by atoms with Crippen LogP contribution >= 0.6 is 23.2 Å². The minimum Gasteiger partial charge on any atom is -0.370 e. The van der Waals surface area contributed by atoms with E-state index < -0.39 is 9.85 Å². The molecule has 0 saturated carbocycles. The maximum absolute atomic E-state index is 10.6. The number of nitro benzene ring substituents is 2. The first-order chi connectivity index (χ1) is 15.8. The van der Waals surface area contributed by atoms with E-state index in [1.807, 2.05) is 0 Å². The molecule has 10 heteroatoms. The summed E-state index contributed by atoms with van der Waals surface area (Å²) in [5.41, 5.74) is 1.87. The first-order valence-electron chi connectivity index (χ1n) is 11.2. The third-order valence-electron chi connectivity index (χ3n) is 5.31. The highest BCUT2D eigenvalue weighted by Gasteiger charge is 2.16. The van der Waals surface area contributed by atoms with Gasteiger partial charge in [0.25, 0.3) is 11.4 Å². The number of anilines is 2. The molecule has 0 radical (unpaired) electrons. The molecule has 0 amide bonds. The highest BCUT2D eigenvalue weighted by Crippen LogP contribution is 2.32. The summed E-state index contributed by atoms with van der Waals surface area (Å²) in [6.45, 7) is 7.98. The van der Waals surface area contributed by atoms with Crippen molar-refractivity contribution in [2.45, 2.75) is 46.0 Å². The van der Waals surface area contributed by atoms with Gasteiger partial charge in [-0.2, -0.15) is 0 Å². The Bertz CT molecular complexity index is 946. The predicted octanol–water partition coefficient (Wildman–Crippen LogP) is 7.11. The van der Waals surface area contributed by atoms with E-state index in [0.717, 1.165) is 63.2 Å². The van der Waals surface area contributed by atoms with Crippen molar-refractivity contribution >= 4 is 46.0 Å². The molecule has 0 atom stereocenters. The zero-order valence-corrected chi connectivity index (χ0v) is 20.5. The summed E-state index contributed by atoms with van der Waals surface area (Å²) in [5.74, 6) is 0. The van der Waals surface area contributed by atoms with Crippen LogP contribution in [0.2, 0.25) is 10.0 Å². The number of hydrogen-bond donors (Lipinski definition) is 0. The molecule has 1 saturated heterocycles. The van der Waals surface area contributed by atoms with Gasteiger partial charge in [-0.05, 0) is 44.2 Å². The second-order valence-corrected chi connectivity index (χ2v) is 8.63. The topological polar surface area (TPSA) is 92.8 Å². The Balaban J connectivity index is 0.000000234. The molecule has 0 N–H and O–H groups in total. The number of halogens is 2. The molecule has 1 aliphatic heterocycles. The fourth-order valence-electron chi connectivity index (χ4n) is 3.76. The summed E-state index contributed by atoms with van der Waals surface area (Å²) < 4.78 is 0. The van der Waals surface area contributed by atoms with Gasteiger partial charge in [0.1, 0.15) is 0 Å². The molecule has 33 heavy (non-hydrogen) atoms. The Morgan fingerprint density at radius 3 is 1.82 bits per heavy atom. The maximum Gasteiger partial charge on any atom is 0.271 e. The molecule has 1 heterocycles. The lowest BCUT2D eigenvalue weighted by Crippen LogP contribution is -2.29. The standard InChI is InChI=1S/C12H17ClN2O2.C11H13ClN2O2/c1-3-7-14(8-4-2)12-6-5-10(15(16)17)9-11(12)13;12-10-8-9(14(15)16)4-5-11(10)13-6-2-1-3-7-13/h5-6,9H,3-4,7-8H2,1-2H3;4-5,8H,1-3,6-7H2. The highest BCUT2D eigenvalue weighted by atomic mass is 35.5. The zero-order valence-electron chi connectivity index (χ0n) is 19.0. The van der Waals surface area contributed by atoms with E-state index in [2.05, 4.69) is 23.6 Å². The number of benzene rings is 2. The molecule has 2 aromatic carbocycles. The Hall–Kier alpha value is -2.58. The van der Waals surface area contributed by atoms with E-state index in [0.29, 0.717) is 10.0 Å². The van der Waals surface area contributed by atoms with Gasteiger partial charge in [0.2, 0.25) is 0 Å². The van der Waals surface area contributed by atoms with Crippen LogP contribution in [-0.4, -0.2) is 36.0 Å². The molecule has 0 spiro atoms. The van der Waals surface area contributed by atoms with Gasteiger partial charge in [-0.3, -0.25) is 20.2 Å². The van der Waals surface area contributed by atoms with Gasteiger partial charge >= 0.3 is 0 Å². The Labute approximate surface area is 204 Å². The van der Waals surface area contributed by atoms with Crippen LogP contribution in [0.4, 0.5) is 22.7 Å². The van der Waals surface area contributed by atoms with Gasteiger partial charge in [0, 0.05) is 50.4 Å². The summed E-state index contributed by atoms with van der Waals surface area (Å²) in [4.78, 5) is 24.7. The van der Waals surface area contributed by atoms with Crippen LogP contribution in [0.1, 0.15) is 46.0 Å². The summed E-state index contributed by atoms with van der Waals surface area (Å²) >= 11 is 12.2. The number of nitrogens with zero attached hydrogens (tertiary/aromatic N) is 4. The van der Waals surface area contributed by atoms with Crippen LogP contribution in [-0.2, 0) is 0 Å². The number of rotatable bonds is 8. The van der Waals surface area contributed by atoms with Gasteiger partial charge in [0.15, 0.2) is 0 Å². The number of hydrogen-bond acceptors (Lipinski definition) is 6. The van der Waals surface area contributed by atoms with Gasteiger partial charge < -0.3 is 9.80 Å². The van der Waals surface area contributed by atoms with E-state index in [-0.39, 0.29) is 11.4 Å². The molecule has 180 valence electrons. The van der Waals surface area contributed by atoms with Crippen LogP contribution in [0.25, 0.3) is 0 Å².